The molecule has 0 radical (unpaired) electrons. The molecule has 0 amide bonds. The number of allylic oxidation sites excluding steroid dienone is 12. The highest BCUT2D eigenvalue weighted by atomic mass is 31.2. The van der Waals surface area contributed by atoms with E-state index in [0.717, 1.165) is 83.5 Å². The summed E-state index contributed by atoms with van der Waals surface area (Å²) in [5, 5.41) is 0. The van der Waals surface area contributed by atoms with Crippen molar-refractivity contribution < 1.29 is 42.1 Å². The van der Waals surface area contributed by atoms with Crippen molar-refractivity contribution >= 4 is 19.8 Å². The number of quaternary nitrogens is 1. The maximum Gasteiger partial charge on any atom is 0.472 e. The van der Waals surface area contributed by atoms with E-state index in [0.29, 0.717) is 23.9 Å². The molecule has 2 unspecified atom stereocenters. The lowest BCUT2D eigenvalue weighted by Gasteiger charge is -2.24. The third-order valence-corrected chi connectivity index (χ3v) is 18.0. The molecule has 2 atom stereocenters. The summed E-state index contributed by atoms with van der Waals surface area (Å²) in [6.45, 7) is 4.37. The Morgan fingerprint density at radius 2 is 0.640 bits per heavy atom. The number of likely N-dealkylation sites (N-methyl/N-ethyl adjacent to an activating group) is 1. The summed E-state index contributed by atoms with van der Waals surface area (Å²) in [4.78, 5) is 35.9. The van der Waals surface area contributed by atoms with Gasteiger partial charge in [-0.15, -0.1) is 0 Å². The summed E-state index contributed by atoms with van der Waals surface area (Å²) in [6.07, 6.45) is 94.7. The van der Waals surface area contributed by atoms with Crippen LogP contribution in [-0.4, -0.2) is 74.9 Å². The van der Waals surface area contributed by atoms with Gasteiger partial charge in [0.15, 0.2) is 6.10 Å². The normalized spacial score (nSPS) is 13.5. The van der Waals surface area contributed by atoms with Gasteiger partial charge in [0.1, 0.15) is 19.8 Å². The summed E-state index contributed by atoms with van der Waals surface area (Å²) in [5.41, 5.74) is 0. The molecule has 520 valence electrons. The smallest absolute Gasteiger partial charge is 0.462 e. The van der Waals surface area contributed by atoms with Crippen LogP contribution in [-0.2, 0) is 32.7 Å². The highest BCUT2D eigenvalue weighted by Gasteiger charge is 2.27. The molecule has 0 saturated heterocycles. The average molecular weight is 1270 g/mol. The first-order valence-corrected chi connectivity index (χ1v) is 39.7. The molecule has 0 aliphatic rings. The fourth-order valence-corrected chi connectivity index (χ4v) is 11.9. The molecular formula is C79H147NO8P+. The van der Waals surface area contributed by atoms with Gasteiger partial charge >= 0.3 is 19.8 Å². The zero-order chi connectivity index (χ0) is 64.8. The largest absolute Gasteiger partial charge is 0.472 e. The molecule has 0 heterocycles. The van der Waals surface area contributed by atoms with Gasteiger partial charge in [0.05, 0.1) is 27.7 Å². The third-order valence-electron chi connectivity index (χ3n) is 17.0. The minimum atomic E-state index is -4.40. The molecule has 9 nitrogen and oxygen atoms in total. The lowest BCUT2D eigenvalue weighted by atomic mass is 10.0. The second kappa shape index (κ2) is 69.8. The number of phosphoric ester groups is 1. The number of nitrogens with zero attached hydrogens (tertiary/aromatic N) is 1. The summed E-state index contributed by atoms with van der Waals surface area (Å²) in [7, 11) is 1.48. The van der Waals surface area contributed by atoms with Crippen molar-refractivity contribution in [2.75, 3.05) is 47.5 Å². The highest BCUT2D eigenvalue weighted by molar-refractivity contribution is 7.47. The zero-order valence-electron chi connectivity index (χ0n) is 59.4. The predicted molar refractivity (Wildman–Crippen MR) is 386 cm³/mol. The number of hydrogen-bond donors (Lipinski definition) is 1. The van der Waals surface area contributed by atoms with E-state index in [9.17, 15) is 19.0 Å². The van der Waals surface area contributed by atoms with Crippen LogP contribution >= 0.6 is 7.82 Å². The molecule has 10 heteroatoms. The maximum atomic E-state index is 12.9. The van der Waals surface area contributed by atoms with Gasteiger partial charge in [-0.2, -0.15) is 0 Å². The van der Waals surface area contributed by atoms with Gasteiger partial charge < -0.3 is 18.9 Å². The van der Waals surface area contributed by atoms with Gasteiger partial charge in [0.25, 0.3) is 0 Å². The Labute approximate surface area is 552 Å². The molecule has 0 spiro atoms. The maximum absolute atomic E-state index is 12.9. The first kappa shape index (κ1) is 86.5. The Kier molecular flexibility index (Phi) is 67.8. The van der Waals surface area contributed by atoms with E-state index < -0.39 is 26.5 Å². The van der Waals surface area contributed by atoms with Gasteiger partial charge in [-0.25, -0.2) is 4.57 Å². The number of phosphoric acid groups is 1. The summed E-state index contributed by atoms with van der Waals surface area (Å²) < 4.78 is 34.8. The number of carbonyl (C=O) groups is 2. The second-order valence-corrected chi connectivity index (χ2v) is 28.5. The van der Waals surface area contributed by atoms with Gasteiger partial charge in [0, 0.05) is 12.8 Å². The summed E-state index contributed by atoms with van der Waals surface area (Å²) in [6, 6.07) is 0. The Morgan fingerprint density at radius 3 is 0.955 bits per heavy atom. The Bertz CT molecular complexity index is 1730. The van der Waals surface area contributed by atoms with Crippen molar-refractivity contribution in [3.8, 4) is 0 Å². The topological polar surface area (TPSA) is 108 Å². The average Bonchev–Trinajstić information content (AvgIpc) is 3.60. The van der Waals surface area contributed by atoms with Crippen molar-refractivity contribution in [3.63, 3.8) is 0 Å². The first-order chi connectivity index (χ1) is 43.5. The molecule has 0 aromatic heterocycles. The lowest BCUT2D eigenvalue weighted by molar-refractivity contribution is -0.870. The van der Waals surface area contributed by atoms with E-state index in [1.165, 1.54) is 250 Å². The molecule has 0 aromatic carbocycles. The van der Waals surface area contributed by atoms with Gasteiger partial charge in [-0.3, -0.25) is 18.6 Å². The SMILES string of the molecule is CC/C=C\C/C=C\C/C=C\C/C=C\C/C=C\C/C=C\CCCCCCCCCCCCC(=O)OC(COC(=O)CCCCCCCCCCCCCCCCCCCCCCCCCCCCCCCCCCCCCC)COP(=O)(O)OCC[N+](C)(C)C. The molecule has 89 heavy (non-hydrogen) atoms. The van der Waals surface area contributed by atoms with Gasteiger partial charge in [-0.1, -0.05) is 363 Å². The van der Waals surface area contributed by atoms with Crippen LogP contribution in [0.3, 0.4) is 0 Å². The molecule has 0 aromatic rings. The summed E-state index contributed by atoms with van der Waals surface area (Å²) >= 11 is 0. The first-order valence-electron chi connectivity index (χ1n) is 38.2. The van der Waals surface area contributed by atoms with Crippen LogP contribution in [0.2, 0.25) is 0 Å². The van der Waals surface area contributed by atoms with E-state index in [2.05, 4.69) is 86.8 Å². The van der Waals surface area contributed by atoms with Crippen molar-refractivity contribution in [3.05, 3.63) is 72.9 Å². The number of carbonyl (C=O) groups excluding carboxylic acids is 2. The third kappa shape index (κ3) is 74.4. The Hall–Kier alpha value is -2.55. The molecule has 1 N–H and O–H groups in total. The number of rotatable bonds is 71. The monoisotopic (exact) mass is 1270 g/mol. The second-order valence-electron chi connectivity index (χ2n) is 27.0. The number of hydrogen-bond acceptors (Lipinski definition) is 7. The van der Waals surface area contributed by atoms with E-state index in [-0.39, 0.29) is 25.6 Å². The van der Waals surface area contributed by atoms with Gasteiger partial charge in [0.2, 0.25) is 0 Å². The molecule has 0 bridgehead atoms. The number of ether oxygens (including phenoxy) is 2. The minimum absolute atomic E-state index is 0.0300. The van der Waals surface area contributed by atoms with Crippen LogP contribution in [0.4, 0.5) is 0 Å². The van der Waals surface area contributed by atoms with Crippen molar-refractivity contribution in [2.24, 2.45) is 0 Å². The van der Waals surface area contributed by atoms with E-state index in [1.807, 2.05) is 21.1 Å². The quantitative estimate of drug-likeness (QED) is 0.0211. The Morgan fingerprint density at radius 1 is 0.360 bits per heavy atom. The summed E-state index contributed by atoms with van der Waals surface area (Å²) in [5.74, 6) is -0.788. The fourth-order valence-electron chi connectivity index (χ4n) is 11.2. The van der Waals surface area contributed by atoms with Crippen LogP contribution in [0.25, 0.3) is 0 Å². The highest BCUT2D eigenvalue weighted by Crippen LogP contribution is 2.43. The zero-order valence-corrected chi connectivity index (χ0v) is 60.3. The molecule has 0 aliphatic heterocycles. The van der Waals surface area contributed by atoms with E-state index >= 15 is 0 Å². The fraction of sp³-hybridized carbons (Fsp3) is 0.823. The van der Waals surface area contributed by atoms with Crippen LogP contribution in [0.1, 0.15) is 367 Å². The van der Waals surface area contributed by atoms with Crippen molar-refractivity contribution in [1.29, 1.82) is 0 Å². The van der Waals surface area contributed by atoms with Crippen LogP contribution < -0.4 is 0 Å². The predicted octanol–water partition coefficient (Wildman–Crippen LogP) is 25.1. The standard InChI is InChI=1S/C79H146NO8P/c1-6-8-10-12-14-16-18-20-22-24-26-28-30-32-34-36-37-38-39-40-41-42-44-45-47-49-51-53-55-57-59-61-63-65-67-69-71-78(81)85-75-77(76-87-89(83,84)86-74-73-80(3,4)5)88-79(82)72-70-68-66-64-62-60-58-56-54-52-50-48-46-43-35-33-31-29-27-25-23-21-19-17-15-13-11-9-7-2/h9,11,15,17,21,23,27,29,33,35,46,48,77H,6-8,10,12-14,16,18-20,22,24-26,28,30-32,34,36-45,47,49-76H2,1-5H3/p+1/b11-9-,17-15-,23-21-,29-27-,35-33-,48-46-. The van der Waals surface area contributed by atoms with Crippen LogP contribution in [0.15, 0.2) is 72.9 Å². The van der Waals surface area contributed by atoms with Crippen LogP contribution in [0.5, 0.6) is 0 Å². The number of unbranched alkanes of at least 4 members (excludes halogenated alkanes) is 45. The minimum Gasteiger partial charge on any atom is -0.462 e. The van der Waals surface area contributed by atoms with Crippen molar-refractivity contribution in [2.45, 2.75) is 373 Å². The Balaban J connectivity index is 3.96. The van der Waals surface area contributed by atoms with Crippen molar-refractivity contribution in [1.82, 2.24) is 0 Å². The number of esters is 2. The molecular weight excluding hydrogens is 1120 g/mol. The molecule has 0 fully saturated rings. The molecule has 0 rings (SSSR count). The lowest BCUT2D eigenvalue weighted by Crippen LogP contribution is -2.37. The molecule has 0 saturated carbocycles. The van der Waals surface area contributed by atoms with E-state index in [1.54, 1.807) is 0 Å². The van der Waals surface area contributed by atoms with Gasteiger partial charge in [-0.05, 0) is 64.2 Å². The van der Waals surface area contributed by atoms with Crippen LogP contribution in [0, 0.1) is 0 Å². The van der Waals surface area contributed by atoms with E-state index in [4.69, 9.17) is 18.5 Å². The molecule has 0 aliphatic carbocycles.